The molecule has 1 aromatic heterocycles. The van der Waals surface area contributed by atoms with Crippen molar-refractivity contribution in [1.29, 1.82) is 0 Å². The lowest BCUT2D eigenvalue weighted by Crippen LogP contribution is -2.30. The molecule has 20 heavy (non-hydrogen) atoms. The average Bonchev–Trinajstić information content (AvgIpc) is 2.50. The van der Waals surface area contributed by atoms with E-state index in [1.54, 1.807) is 13.3 Å². The molecule has 0 spiro atoms. The van der Waals surface area contributed by atoms with Gasteiger partial charge >= 0.3 is 0 Å². The summed E-state index contributed by atoms with van der Waals surface area (Å²) in [6, 6.07) is 3.89. The van der Waals surface area contributed by atoms with E-state index < -0.39 is 0 Å². The van der Waals surface area contributed by atoms with Crippen LogP contribution < -0.4 is 5.73 Å². The molecule has 0 bridgehead atoms. The van der Waals surface area contributed by atoms with Crippen LogP contribution in [0, 0.1) is 0 Å². The minimum Gasteiger partial charge on any atom is -0.382 e. The fourth-order valence-corrected chi connectivity index (χ4v) is 1.84. The highest BCUT2D eigenvalue weighted by Gasteiger charge is 2.19. The molecule has 0 aliphatic heterocycles. The molecule has 5 nitrogen and oxygen atoms in total. The number of methoxy groups -OCH3 is 1. The Bertz CT molecular complexity index is 335. The van der Waals surface area contributed by atoms with Crippen LogP contribution in [0.3, 0.4) is 0 Å². The van der Waals surface area contributed by atoms with Crippen LogP contribution in [0.1, 0.15) is 31.4 Å². The molecule has 2 unspecified atom stereocenters. The van der Waals surface area contributed by atoms with Crippen molar-refractivity contribution >= 4 is 0 Å². The SMILES string of the molecule is CCC(N)C(OCCCOCCOC)c1cccnc1. The van der Waals surface area contributed by atoms with E-state index in [1.165, 1.54) is 0 Å². The summed E-state index contributed by atoms with van der Waals surface area (Å²) in [5.74, 6) is 0. The number of aromatic nitrogens is 1. The third kappa shape index (κ3) is 6.43. The molecular formula is C15H26N2O3. The van der Waals surface area contributed by atoms with Gasteiger partial charge in [-0.2, -0.15) is 0 Å². The van der Waals surface area contributed by atoms with Crippen molar-refractivity contribution in [3.05, 3.63) is 30.1 Å². The molecule has 0 aliphatic carbocycles. The number of rotatable bonds is 11. The van der Waals surface area contributed by atoms with Crippen molar-refractivity contribution in [3.63, 3.8) is 0 Å². The van der Waals surface area contributed by atoms with E-state index in [4.69, 9.17) is 19.9 Å². The third-order valence-electron chi connectivity index (χ3n) is 3.04. The van der Waals surface area contributed by atoms with Gasteiger partial charge in [0, 0.05) is 44.3 Å². The minimum absolute atomic E-state index is 0.0198. The van der Waals surface area contributed by atoms with Crippen molar-refractivity contribution < 1.29 is 14.2 Å². The zero-order valence-corrected chi connectivity index (χ0v) is 12.5. The highest BCUT2D eigenvalue weighted by molar-refractivity contribution is 5.14. The van der Waals surface area contributed by atoms with Crippen LogP contribution in [0.15, 0.2) is 24.5 Å². The molecule has 114 valence electrons. The highest BCUT2D eigenvalue weighted by Crippen LogP contribution is 2.21. The standard InChI is InChI=1S/C15H26N2O3/c1-3-14(16)15(13-6-4-7-17-12-13)20-9-5-8-19-11-10-18-2/h4,6-7,12,14-15H,3,5,8-11,16H2,1-2H3. The summed E-state index contributed by atoms with van der Waals surface area (Å²) in [4.78, 5) is 4.13. The fraction of sp³-hybridized carbons (Fsp3) is 0.667. The van der Waals surface area contributed by atoms with E-state index in [0.29, 0.717) is 26.4 Å². The fourth-order valence-electron chi connectivity index (χ4n) is 1.84. The Morgan fingerprint density at radius 1 is 1.25 bits per heavy atom. The lowest BCUT2D eigenvalue weighted by Gasteiger charge is -2.23. The summed E-state index contributed by atoms with van der Waals surface area (Å²) >= 11 is 0. The van der Waals surface area contributed by atoms with Crippen LogP contribution in [-0.4, -0.2) is 44.6 Å². The smallest absolute Gasteiger partial charge is 0.0990 e. The summed E-state index contributed by atoms with van der Waals surface area (Å²) in [5.41, 5.74) is 7.16. The Morgan fingerprint density at radius 2 is 2.10 bits per heavy atom. The van der Waals surface area contributed by atoms with E-state index >= 15 is 0 Å². The number of ether oxygens (including phenoxy) is 3. The molecule has 0 saturated carbocycles. The monoisotopic (exact) mass is 282 g/mol. The van der Waals surface area contributed by atoms with Gasteiger partial charge in [0.2, 0.25) is 0 Å². The maximum Gasteiger partial charge on any atom is 0.0990 e. The first-order valence-electron chi connectivity index (χ1n) is 7.13. The van der Waals surface area contributed by atoms with Gasteiger partial charge in [-0.25, -0.2) is 0 Å². The van der Waals surface area contributed by atoms with Gasteiger partial charge in [-0.05, 0) is 18.9 Å². The number of hydrogen-bond acceptors (Lipinski definition) is 5. The molecule has 0 fully saturated rings. The first-order chi connectivity index (χ1) is 9.79. The molecule has 2 atom stereocenters. The first kappa shape index (κ1) is 17.0. The van der Waals surface area contributed by atoms with E-state index in [0.717, 1.165) is 18.4 Å². The lowest BCUT2D eigenvalue weighted by atomic mass is 10.0. The van der Waals surface area contributed by atoms with Crippen LogP contribution >= 0.6 is 0 Å². The molecule has 0 aliphatic rings. The molecule has 0 radical (unpaired) electrons. The van der Waals surface area contributed by atoms with Gasteiger partial charge in [0.15, 0.2) is 0 Å². The number of pyridine rings is 1. The van der Waals surface area contributed by atoms with Crippen LogP contribution in [-0.2, 0) is 14.2 Å². The Kier molecular flexibility index (Phi) is 9.15. The van der Waals surface area contributed by atoms with E-state index in [2.05, 4.69) is 11.9 Å². The van der Waals surface area contributed by atoms with Gasteiger partial charge in [0.05, 0.1) is 19.3 Å². The largest absolute Gasteiger partial charge is 0.382 e. The second kappa shape index (κ2) is 10.7. The summed E-state index contributed by atoms with van der Waals surface area (Å²) in [7, 11) is 1.66. The average molecular weight is 282 g/mol. The van der Waals surface area contributed by atoms with E-state index in [9.17, 15) is 0 Å². The first-order valence-corrected chi connectivity index (χ1v) is 7.13. The van der Waals surface area contributed by atoms with Crippen molar-refractivity contribution in [2.24, 2.45) is 5.73 Å². The van der Waals surface area contributed by atoms with Crippen LogP contribution in [0.2, 0.25) is 0 Å². The van der Waals surface area contributed by atoms with Crippen LogP contribution in [0.25, 0.3) is 0 Å². The lowest BCUT2D eigenvalue weighted by molar-refractivity contribution is 0.0111. The molecule has 2 N–H and O–H groups in total. The Balaban J connectivity index is 2.32. The van der Waals surface area contributed by atoms with Gasteiger partial charge < -0.3 is 19.9 Å². The molecule has 0 amide bonds. The quantitative estimate of drug-likeness (QED) is 0.628. The minimum atomic E-state index is -0.104. The molecule has 1 rings (SSSR count). The maximum atomic E-state index is 6.13. The van der Waals surface area contributed by atoms with Crippen molar-refractivity contribution in [1.82, 2.24) is 4.98 Å². The molecular weight excluding hydrogens is 256 g/mol. The second-order valence-corrected chi connectivity index (χ2v) is 4.61. The summed E-state index contributed by atoms with van der Waals surface area (Å²) in [5, 5.41) is 0. The summed E-state index contributed by atoms with van der Waals surface area (Å²) < 4.78 is 16.2. The number of nitrogens with two attached hydrogens (primary N) is 1. The van der Waals surface area contributed by atoms with Crippen molar-refractivity contribution in [2.75, 3.05) is 33.5 Å². The topological polar surface area (TPSA) is 66.6 Å². The van der Waals surface area contributed by atoms with Gasteiger partial charge in [-0.15, -0.1) is 0 Å². The Labute approximate surface area is 121 Å². The van der Waals surface area contributed by atoms with E-state index in [1.807, 2.05) is 18.3 Å². The Morgan fingerprint density at radius 3 is 2.75 bits per heavy atom. The van der Waals surface area contributed by atoms with Crippen molar-refractivity contribution in [3.8, 4) is 0 Å². The molecule has 0 aromatic carbocycles. The molecule has 5 heteroatoms. The third-order valence-corrected chi connectivity index (χ3v) is 3.04. The van der Waals surface area contributed by atoms with Gasteiger partial charge in [-0.1, -0.05) is 13.0 Å². The summed E-state index contributed by atoms with van der Waals surface area (Å²) in [6.45, 7) is 4.60. The molecule has 1 aromatic rings. The molecule has 0 saturated heterocycles. The van der Waals surface area contributed by atoms with Gasteiger partial charge in [0.25, 0.3) is 0 Å². The predicted octanol–water partition coefficient (Wildman–Crippen LogP) is 1.93. The van der Waals surface area contributed by atoms with Crippen LogP contribution in [0.4, 0.5) is 0 Å². The van der Waals surface area contributed by atoms with Gasteiger partial charge in [0.1, 0.15) is 0 Å². The normalized spacial score (nSPS) is 14.2. The highest BCUT2D eigenvalue weighted by atomic mass is 16.5. The Hall–Kier alpha value is -1.01. The summed E-state index contributed by atoms with van der Waals surface area (Å²) in [6.07, 6.45) is 5.17. The molecule has 1 heterocycles. The maximum absolute atomic E-state index is 6.13. The van der Waals surface area contributed by atoms with Crippen LogP contribution in [0.5, 0.6) is 0 Å². The number of nitrogens with zero attached hydrogens (tertiary/aromatic N) is 1. The zero-order chi connectivity index (χ0) is 14.6. The van der Waals surface area contributed by atoms with E-state index in [-0.39, 0.29) is 12.1 Å². The van der Waals surface area contributed by atoms with Gasteiger partial charge in [-0.3, -0.25) is 4.98 Å². The number of hydrogen-bond donors (Lipinski definition) is 1. The second-order valence-electron chi connectivity index (χ2n) is 4.61. The zero-order valence-electron chi connectivity index (χ0n) is 12.5. The van der Waals surface area contributed by atoms with Crippen molar-refractivity contribution in [2.45, 2.75) is 31.9 Å². The predicted molar refractivity (Wildman–Crippen MR) is 78.5 cm³/mol.